The first-order valence-electron chi connectivity index (χ1n) is 6.90. The molecule has 1 aromatic carbocycles. The van der Waals surface area contributed by atoms with E-state index in [-0.39, 0.29) is 0 Å². The number of aryl methyl sites for hydroxylation is 1. The molecule has 1 unspecified atom stereocenters. The number of benzene rings is 1. The van der Waals surface area contributed by atoms with Crippen molar-refractivity contribution in [1.29, 1.82) is 0 Å². The summed E-state index contributed by atoms with van der Waals surface area (Å²) in [6.07, 6.45) is 6.29. The zero-order valence-electron chi connectivity index (χ0n) is 11.9. The molecule has 0 saturated carbocycles. The number of nitrogens with one attached hydrogen (secondary N) is 1. The molecule has 1 rings (SSSR count). The Kier molecular flexibility index (Phi) is 7.10. The van der Waals surface area contributed by atoms with E-state index in [1.165, 1.54) is 11.8 Å². The fourth-order valence-electron chi connectivity index (χ4n) is 2.22. The monoisotopic (exact) mass is 283 g/mol. The predicted octanol–water partition coefficient (Wildman–Crippen LogP) is 2.42. The maximum atomic E-state index is 11.1. The van der Waals surface area contributed by atoms with Crippen LogP contribution in [0, 0.1) is 0 Å². The summed E-state index contributed by atoms with van der Waals surface area (Å²) in [6, 6.07) is 10.9. The number of rotatable bonds is 9. The number of hydrogen-bond acceptors (Lipinski definition) is 3. The smallest absolute Gasteiger partial charge is 0.147 e. The van der Waals surface area contributed by atoms with Crippen LogP contribution in [0.4, 0.5) is 0 Å². The van der Waals surface area contributed by atoms with Gasteiger partial charge in [0.15, 0.2) is 0 Å². The molecule has 108 valence electrons. The van der Waals surface area contributed by atoms with Crippen LogP contribution in [0.3, 0.4) is 0 Å². The highest BCUT2D eigenvalue weighted by atomic mass is 32.2. The van der Waals surface area contributed by atoms with Crippen LogP contribution < -0.4 is 5.32 Å². The molecule has 0 aliphatic carbocycles. The summed E-state index contributed by atoms with van der Waals surface area (Å²) in [5, 5.41) is 3.28. The standard InChI is InChI=1S/C15H25NO2S/c1-16-15(12-7-13-19(2,17)18)11-6-10-14-8-4-3-5-9-14/h3-5,8-9,15-16H,6-7,10-13H2,1-2H3. The summed E-state index contributed by atoms with van der Waals surface area (Å²) < 4.78 is 22.2. The zero-order chi connectivity index (χ0) is 14.1. The van der Waals surface area contributed by atoms with Crippen molar-refractivity contribution in [3.8, 4) is 0 Å². The molecule has 1 N–H and O–H groups in total. The Hall–Kier alpha value is -0.870. The lowest BCUT2D eigenvalue weighted by molar-refractivity contribution is 0.469. The van der Waals surface area contributed by atoms with Gasteiger partial charge in [-0.25, -0.2) is 8.42 Å². The second-order valence-corrected chi connectivity index (χ2v) is 7.40. The maximum Gasteiger partial charge on any atom is 0.147 e. The van der Waals surface area contributed by atoms with Crippen molar-refractivity contribution in [2.24, 2.45) is 0 Å². The first-order chi connectivity index (χ1) is 9.01. The molecule has 0 saturated heterocycles. The fraction of sp³-hybridized carbons (Fsp3) is 0.600. The van der Waals surface area contributed by atoms with Crippen molar-refractivity contribution in [2.75, 3.05) is 19.1 Å². The first kappa shape index (κ1) is 16.2. The SMILES string of the molecule is CNC(CCCc1ccccc1)CCCS(C)(=O)=O. The van der Waals surface area contributed by atoms with Crippen LogP contribution in [0.15, 0.2) is 30.3 Å². The van der Waals surface area contributed by atoms with Crippen LogP contribution in [0.5, 0.6) is 0 Å². The average molecular weight is 283 g/mol. The normalized spacial score (nSPS) is 13.4. The molecule has 0 radical (unpaired) electrons. The minimum Gasteiger partial charge on any atom is -0.317 e. The van der Waals surface area contributed by atoms with Gasteiger partial charge >= 0.3 is 0 Å². The van der Waals surface area contributed by atoms with Crippen LogP contribution >= 0.6 is 0 Å². The first-order valence-corrected chi connectivity index (χ1v) is 8.96. The van der Waals surface area contributed by atoms with Crippen LogP contribution in [0.1, 0.15) is 31.2 Å². The predicted molar refractivity (Wildman–Crippen MR) is 81.2 cm³/mol. The number of sulfone groups is 1. The third-order valence-electron chi connectivity index (χ3n) is 3.34. The summed E-state index contributed by atoms with van der Waals surface area (Å²) in [7, 11) is -0.867. The third-order valence-corrected chi connectivity index (χ3v) is 4.37. The van der Waals surface area contributed by atoms with E-state index in [4.69, 9.17) is 0 Å². The van der Waals surface area contributed by atoms with E-state index in [1.54, 1.807) is 0 Å². The van der Waals surface area contributed by atoms with Gasteiger partial charge in [-0.2, -0.15) is 0 Å². The quantitative estimate of drug-likeness (QED) is 0.757. The molecule has 3 nitrogen and oxygen atoms in total. The minimum atomic E-state index is -2.82. The highest BCUT2D eigenvalue weighted by molar-refractivity contribution is 7.90. The molecule has 0 aliphatic rings. The van der Waals surface area contributed by atoms with Gasteiger partial charge in [-0.15, -0.1) is 0 Å². The summed E-state index contributed by atoms with van der Waals surface area (Å²) in [5.74, 6) is 0.296. The Labute approximate surface area is 117 Å². The molecule has 0 aliphatic heterocycles. The summed E-state index contributed by atoms with van der Waals surface area (Å²) in [6.45, 7) is 0. The van der Waals surface area contributed by atoms with Crippen molar-refractivity contribution in [3.05, 3.63) is 35.9 Å². The van der Waals surface area contributed by atoms with Crippen LogP contribution in [-0.2, 0) is 16.3 Å². The van der Waals surface area contributed by atoms with E-state index < -0.39 is 9.84 Å². The van der Waals surface area contributed by atoms with Gasteiger partial charge in [-0.1, -0.05) is 30.3 Å². The minimum absolute atomic E-state index is 0.296. The summed E-state index contributed by atoms with van der Waals surface area (Å²) in [5.41, 5.74) is 1.37. The van der Waals surface area contributed by atoms with Crippen molar-refractivity contribution < 1.29 is 8.42 Å². The molecule has 19 heavy (non-hydrogen) atoms. The molecule has 0 heterocycles. The van der Waals surface area contributed by atoms with Crippen molar-refractivity contribution in [1.82, 2.24) is 5.32 Å². The number of hydrogen-bond donors (Lipinski definition) is 1. The summed E-state index contributed by atoms with van der Waals surface area (Å²) in [4.78, 5) is 0. The van der Waals surface area contributed by atoms with E-state index >= 15 is 0 Å². The van der Waals surface area contributed by atoms with Gasteiger partial charge in [-0.3, -0.25) is 0 Å². The Morgan fingerprint density at radius 1 is 1.11 bits per heavy atom. The Morgan fingerprint density at radius 2 is 1.74 bits per heavy atom. The van der Waals surface area contributed by atoms with Gasteiger partial charge in [0.1, 0.15) is 9.84 Å². The average Bonchev–Trinajstić information content (AvgIpc) is 2.37. The molecule has 0 amide bonds. The fourth-order valence-corrected chi connectivity index (χ4v) is 2.91. The Balaban J connectivity index is 2.22. The molecule has 0 fully saturated rings. The van der Waals surface area contributed by atoms with Gasteiger partial charge in [0.25, 0.3) is 0 Å². The maximum absolute atomic E-state index is 11.1. The van der Waals surface area contributed by atoms with Crippen molar-refractivity contribution in [3.63, 3.8) is 0 Å². The van der Waals surface area contributed by atoms with E-state index in [2.05, 4.69) is 29.6 Å². The molecule has 0 bridgehead atoms. The van der Waals surface area contributed by atoms with Gasteiger partial charge in [0, 0.05) is 18.1 Å². The molecule has 0 aromatic heterocycles. The van der Waals surface area contributed by atoms with Crippen molar-refractivity contribution in [2.45, 2.75) is 38.1 Å². The molecule has 1 aromatic rings. The van der Waals surface area contributed by atoms with Crippen LogP contribution in [-0.4, -0.2) is 33.5 Å². The van der Waals surface area contributed by atoms with E-state index in [1.807, 2.05) is 13.1 Å². The zero-order valence-corrected chi connectivity index (χ0v) is 12.7. The van der Waals surface area contributed by atoms with Gasteiger partial charge in [0.05, 0.1) is 0 Å². The largest absolute Gasteiger partial charge is 0.317 e. The second kappa shape index (κ2) is 8.33. The van der Waals surface area contributed by atoms with Crippen LogP contribution in [0.2, 0.25) is 0 Å². The van der Waals surface area contributed by atoms with E-state index in [9.17, 15) is 8.42 Å². The van der Waals surface area contributed by atoms with Gasteiger partial charge < -0.3 is 5.32 Å². The molecular weight excluding hydrogens is 258 g/mol. The second-order valence-electron chi connectivity index (χ2n) is 5.14. The molecular formula is C15H25NO2S. The van der Waals surface area contributed by atoms with Crippen molar-refractivity contribution >= 4 is 9.84 Å². The highest BCUT2D eigenvalue weighted by Gasteiger charge is 2.08. The van der Waals surface area contributed by atoms with Gasteiger partial charge in [0.2, 0.25) is 0 Å². The van der Waals surface area contributed by atoms with Crippen LogP contribution in [0.25, 0.3) is 0 Å². The summed E-state index contributed by atoms with van der Waals surface area (Å²) >= 11 is 0. The lowest BCUT2D eigenvalue weighted by Gasteiger charge is -2.15. The third kappa shape index (κ3) is 8.01. The lowest BCUT2D eigenvalue weighted by Crippen LogP contribution is -2.25. The molecule has 1 atom stereocenters. The topological polar surface area (TPSA) is 46.2 Å². The van der Waals surface area contributed by atoms with E-state index in [0.29, 0.717) is 11.8 Å². The Bertz CT molecular complexity index is 442. The van der Waals surface area contributed by atoms with Gasteiger partial charge in [-0.05, 0) is 44.7 Å². The molecule has 0 spiro atoms. The molecule has 4 heteroatoms. The highest BCUT2D eigenvalue weighted by Crippen LogP contribution is 2.10. The Morgan fingerprint density at radius 3 is 2.32 bits per heavy atom. The van der Waals surface area contributed by atoms with E-state index in [0.717, 1.165) is 32.1 Å². The lowest BCUT2D eigenvalue weighted by atomic mass is 10.0.